The molecule has 0 spiro atoms. The Kier molecular flexibility index (Phi) is 6.84. The van der Waals surface area contributed by atoms with Crippen molar-refractivity contribution < 1.29 is 9.53 Å². The summed E-state index contributed by atoms with van der Waals surface area (Å²) in [7, 11) is 0. The van der Waals surface area contributed by atoms with Crippen molar-refractivity contribution in [3.63, 3.8) is 0 Å². The Labute approximate surface area is 160 Å². The van der Waals surface area contributed by atoms with E-state index in [-0.39, 0.29) is 6.09 Å². The number of anilines is 2. The van der Waals surface area contributed by atoms with Crippen molar-refractivity contribution in [3.05, 3.63) is 48.2 Å². The van der Waals surface area contributed by atoms with E-state index in [4.69, 9.17) is 4.74 Å². The first-order valence-electron chi connectivity index (χ1n) is 9.53. The van der Waals surface area contributed by atoms with Crippen molar-refractivity contribution >= 4 is 17.9 Å². The third kappa shape index (κ3) is 5.57. The van der Waals surface area contributed by atoms with Gasteiger partial charge in [-0.25, -0.2) is 9.78 Å². The van der Waals surface area contributed by atoms with Crippen LogP contribution in [0.3, 0.4) is 0 Å². The Balaban J connectivity index is 1.45. The lowest BCUT2D eigenvalue weighted by atomic mass is 10.1. The number of hydrogen-bond donors (Lipinski definition) is 1. The van der Waals surface area contributed by atoms with Crippen LogP contribution in [0.4, 0.5) is 16.6 Å². The van der Waals surface area contributed by atoms with Crippen LogP contribution < -0.4 is 10.2 Å². The van der Waals surface area contributed by atoms with Gasteiger partial charge in [0.2, 0.25) is 5.95 Å². The fourth-order valence-electron chi connectivity index (χ4n) is 3.06. The third-order valence-electron chi connectivity index (χ3n) is 4.52. The van der Waals surface area contributed by atoms with Crippen LogP contribution in [-0.2, 0) is 11.2 Å². The van der Waals surface area contributed by atoms with Gasteiger partial charge in [0.1, 0.15) is 5.82 Å². The number of aryl methyl sites for hydroxylation is 1. The summed E-state index contributed by atoms with van der Waals surface area (Å²) in [5.74, 6) is 1.53. The summed E-state index contributed by atoms with van der Waals surface area (Å²) in [6.07, 6.45) is 3.62. The first kappa shape index (κ1) is 18.9. The molecule has 0 atom stereocenters. The second kappa shape index (κ2) is 9.75. The second-order valence-corrected chi connectivity index (χ2v) is 6.43. The van der Waals surface area contributed by atoms with Gasteiger partial charge < -0.3 is 19.9 Å². The molecule has 0 saturated carbocycles. The summed E-state index contributed by atoms with van der Waals surface area (Å²) >= 11 is 0. The predicted octanol–water partition coefficient (Wildman–Crippen LogP) is 2.80. The number of aromatic nitrogens is 2. The van der Waals surface area contributed by atoms with Gasteiger partial charge in [0.15, 0.2) is 0 Å². The standard InChI is InChI=1S/C20H27N5O2/c1-2-27-20(26)25-15-13-24(14-16-25)19-22-12-10-18(23-19)21-11-6-9-17-7-4-3-5-8-17/h3-5,7-8,10,12H,2,6,9,11,13-16H2,1H3,(H,21,22,23). The molecule has 0 bridgehead atoms. The van der Waals surface area contributed by atoms with Gasteiger partial charge >= 0.3 is 6.09 Å². The summed E-state index contributed by atoms with van der Waals surface area (Å²) < 4.78 is 5.06. The van der Waals surface area contributed by atoms with Crippen molar-refractivity contribution in [1.82, 2.24) is 14.9 Å². The average Bonchev–Trinajstić information content (AvgIpc) is 2.72. The Morgan fingerprint density at radius 2 is 1.93 bits per heavy atom. The van der Waals surface area contributed by atoms with Gasteiger partial charge in [0.05, 0.1) is 6.61 Å². The number of rotatable bonds is 7. The summed E-state index contributed by atoms with van der Waals surface area (Å²) in [5.41, 5.74) is 1.35. The highest BCUT2D eigenvalue weighted by atomic mass is 16.6. The number of piperazine rings is 1. The molecule has 2 aromatic rings. The van der Waals surface area contributed by atoms with Crippen molar-refractivity contribution in [1.29, 1.82) is 0 Å². The Bertz CT molecular complexity index is 717. The van der Waals surface area contributed by atoms with Crippen LogP contribution in [0.1, 0.15) is 18.9 Å². The smallest absolute Gasteiger partial charge is 0.409 e. The molecule has 0 unspecified atom stereocenters. The van der Waals surface area contributed by atoms with Crippen LogP contribution in [0.5, 0.6) is 0 Å². The molecule has 27 heavy (non-hydrogen) atoms. The first-order chi connectivity index (χ1) is 13.3. The fourth-order valence-corrected chi connectivity index (χ4v) is 3.06. The molecule has 1 aromatic heterocycles. The van der Waals surface area contributed by atoms with Gasteiger partial charge in [-0.2, -0.15) is 4.98 Å². The third-order valence-corrected chi connectivity index (χ3v) is 4.52. The molecular weight excluding hydrogens is 342 g/mol. The molecule has 1 saturated heterocycles. The van der Waals surface area contributed by atoms with Crippen LogP contribution in [-0.4, -0.2) is 60.3 Å². The Morgan fingerprint density at radius 3 is 2.67 bits per heavy atom. The second-order valence-electron chi connectivity index (χ2n) is 6.43. The highest BCUT2D eigenvalue weighted by Gasteiger charge is 2.23. The zero-order valence-corrected chi connectivity index (χ0v) is 15.8. The number of benzene rings is 1. The van der Waals surface area contributed by atoms with E-state index in [1.54, 1.807) is 11.1 Å². The number of carbonyl (C=O) groups is 1. The van der Waals surface area contributed by atoms with Gasteiger partial charge in [0, 0.05) is 38.9 Å². The Morgan fingerprint density at radius 1 is 1.15 bits per heavy atom. The zero-order valence-electron chi connectivity index (χ0n) is 15.8. The van der Waals surface area contributed by atoms with Crippen molar-refractivity contribution in [3.8, 4) is 0 Å². The predicted molar refractivity (Wildman–Crippen MR) is 106 cm³/mol. The van der Waals surface area contributed by atoms with E-state index in [9.17, 15) is 4.79 Å². The molecule has 1 aromatic carbocycles. The molecule has 1 amide bonds. The number of ether oxygens (including phenoxy) is 1. The van der Waals surface area contributed by atoms with Crippen LogP contribution in [0, 0.1) is 0 Å². The van der Waals surface area contributed by atoms with Crippen molar-refractivity contribution in [2.75, 3.05) is 49.5 Å². The number of carbonyl (C=O) groups excluding carboxylic acids is 1. The maximum absolute atomic E-state index is 11.8. The van der Waals surface area contributed by atoms with Gasteiger partial charge in [-0.1, -0.05) is 30.3 Å². The van der Waals surface area contributed by atoms with E-state index in [0.717, 1.165) is 25.2 Å². The van der Waals surface area contributed by atoms with E-state index in [2.05, 4.69) is 44.5 Å². The van der Waals surface area contributed by atoms with Crippen molar-refractivity contribution in [2.45, 2.75) is 19.8 Å². The minimum Gasteiger partial charge on any atom is -0.450 e. The molecule has 1 aliphatic heterocycles. The fraction of sp³-hybridized carbons (Fsp3) is 0.450. The molecule has 3 rings (SSSR count). The van der Waals surface area contributed by atoms with Crippen LogP contribution in [0.25, 0.3) is 0 Å². The van der Waals surface area contributed by atoms with Gasteiger partial charge in [-0.15, -0.1) is 0 Å². The minimum atomic E-state index is -0.244. The first-order valence-corrected chi connectivity index (χ1v) is 9.53. The average molecular weight is 369 g/mol. The number of hydrogen-bond acceptors (Lipinski definition) is 6. The van der Waals surface area contributed by atoms with Crippen LogP contribution in [0.15, 0.2) is 42.6 Å². The molecule has 1 aliphatic rings. The lowest BCUT2D eigenvalue weighted by molar-refractivity contribution is 0.105. The van der Waals surface area contributed by atoms with Gasteiger partial charge in [-0.05, 0) is 31.4 Å². The maximum atomic E-state index is 11.8. The molecule has 144 valence electrons. The van der Waals surface area contributed by atoms with Crippen LogP contribution in [0.2, 0.25) is 0 Å². The normalized spacial score (nSPS) is 14.1. The monoisotopic (exact) mass is 369 g/mol. The number of nitrogens with one attached hydrogen (secondary N) is 1. The van der Waals surface area contributed by atoms with E-state index in [1.165, 1.54) is 5.56 Å². The van der Waals surface area contributed by atoms with E-state index in [1.807, 2.05) is 19.1 Å². The lowest BCUT2D eigenvalue weighted by Gasteiger charge is -2.34. The molecule has 7 nitrogen and oxygen atoms in total. The molecular formula is C20H27N5O2. The molecule has 0 aliphatic carbocycles. The van der Waals surface area contributed by atoms with Crippen LogP contribution >= 0.6 is 0 Å². The minimum absolute atomic E-state index is 0.244. The molecule has 0 radical (unpaired) electrons. The summed E-state index contributed by atoms with van der Waals surface area (Å²) in [5, 5.41) is 3.38. The van der Waals surface area contributed by atoms with Gasteiger partial charge in [0.25, 0.3) is 0 Å². The van der Waals surface area contributed by atoms with E-state index in [0.29, 0.717) is 38.7 Å². The number of amides is 1. The summed E-state index contributed by atoms with van der Waals surface area (Å²) in [4.78, 5) is 24.6. The summed E-state index contributed by atoms with van der Waals surface area (Å²) in [6, 6.07) is 12.4. The van der Waals surface area contributed by atoms with Crippen molar-refractivity contribution in [2.24, 2.45) is 0 Å². The zero-order chi connectivity index (χ0) is 18.9. The lowest BCUT2D eigenvalue weighted by Crippen LogP contribution is -2.49. The highest BCUT2D eigenvalue weighted by molar-refractivity contribution is 5.68. The number of nitrogens with zero attached hydrogens (tertiary/aromatic N) is 4. The largest absolute Gasteiger partial charge is 0.450 e. The topological polar surface area (TPSA) is 70.6 Å². The quantitative estimate of drug-likeness (QED) is 0.757. The van der Waals surface area contributed by atoms with E-state index < -0.39 is 0 Å². The molecule has 1 fully saturated rings. The highest BCUT2D eigenvalue weighted by Crippen LogP contribution is 2.14. The summed E-state index contributed by atoms with van der Waals surface area (Å²) in [6.45, 7) is 5.74. The van der Waals surface area contributed by atoms with E-state index >= 15 is 0 Å². The SMILES string of the molecule is CCOC(=O)N1CCN(c2nccc(NCCCc3ccccc3)n2)CC1. The van der Waals surface area contributed by atoms with Gasteiger partial charge in [-0.3, -0.25) is 0 Å². The maximum Gasteiger partial charge on any atom is 0.409 e. The molecule has 1 N–H and O–H groups in total. The molecule has 7 heteroatoms. The molecule has 2 heterocycles. The Hall–Kier alpha value is -2.83.